The number of piperazine rings is 1. The third-order valence-corrected chi connectivity index (χ3v) is 6.34. The van der Waals surface area contributed by atoms with E-state index in [0.29, 0.717) is 43.0 Å². The molecule has 0 N–H and O–H groups in total. The van der Waals surface area contributed by atoms with Gasteiger partial charge in [0.15, 0.2) is 0 Å². The minimum absolute atomic E-state index is 0.107. The first-order chi connectivity index (χ1) is 16.7. The van der Waals surface area contributed by atoms with Gasteiger partial charge in [0, 0.05) is 50.2 Å². The maximum absolute atomic E-state index is 13.0. The molecule has 10 heteroatoms. The fourth-order valence-corrected chi connectivity index (χ4v) is 4.41. The second-order valence-electron chi connectivity index (χ2n) is 8.69. The largest absolute Gasteiger partial charge is 0.448 e. The maximum atomic E-state index is 13.0. The molecular formula is C25H23F3N4O3. The van der Waals surface area contributed by atoms with Gasteiger partial charge in [0.2, 0.25) is 11.5 Å². The molecule has 0 saturated carbocycles. The van der Waals surface area contributed by atoms with Crippen molar-refractivity contribution in [2.24, 2.45) is 0 Å². The number of carbonyl (C=O) groups is 1. The number of aromatic nitrogens is 2. The van der Waals surface area contributed by atoms with Crippen molar-refractivity contribution in [2.45, 2.75) is 26.1 Å². The number of hydrogen-bond donors (Lipinski definition) is 0. The highest BCUT2D eigenvalue weighted by molar-refractivity contribution is 6.02. The molecule has 3 heterocycles. The summed E-state index contributed by atoms with van der Waals surface area (Å²) in [7, 11) is 0. The first kappa shape index (κ1) is 22.9. The molecule has 0 bridgehead atoms. The van der Waals surface area contributed by atoms with Gasteiger partial charge in [-0.15, -0.1) is 0 Å². The number of hydrogen-bond acceptors (Lipinski definition) is 5. The Morgan fingerprint density at radius 2 is 1.86 bits per heavy atom. The molecule has 1 aliphatic rings. The summed E-state index contributed by atoms with van der Waals surface area (Å²) in [5, 5.41) is 0.777. The number of anilines is 1. The first-order valence-electron chi connectivity index (χ1n) is 11.3. The van der Waals surface area contributed by atoms with Gasteiger partial charge in [0.25, 0.3) is 5.56 Å². The van der Waals surface area contributed by atoms with Crippen LogP contribution in [0.3, 0.4) is 0 Å². The van der Waals surface area contributed by atoms with Gasteiger partial charge in [-0.3, -0.25) is 14.2 Å². The van der Waals surface area contributed by atoms with Gasteiger partial charge in [-0.2, -0.15) is 13.2 Å². The number of furan rings is 1. The van der Waals surface area contributed by atoms with Crippen molar-refractivity contribution in [2.75, 3.05) is 31.1 Å². The summed E-state index contributed by atoms with van der Waals surface area (Å²) in [4.78, 5) is 33.5. The third kappa shape index (κ3) is 4.48. The molecule has 0 radical (unpaired) electrons. The molecule has 0 aliphatic carbocycles. The molecule has 1 aliphatic heterocycles. The van der Waals surface area contributed by atoms with Crippen molar-refractivity contribution in [1.82, 2.24) is 14.5 Å². The van der Waals surface area contributed by atoms with Crippen LogP contribution in [0.4, 0.5) is 18.9 Å². The SMILES string of the molecule is Cc1ccc2oc3c(=O)n(CCC(=O)N4CCN(c5cccc(C(F)(F)F)c5)CC4)cnc3c2c1. The van der Waals surface area contributed by atoms with E-state index >= 15 is 0 Å². The van der Waals surface area contributed by atoms with Gasteiger partial charge in [-0.25, -0.2) is 4.98 Å². The Bertz CT molecular complexity index is 1470. The highest BCUT2D eigenvalue weighted by Crippen LogP contribution is 2.32. The second-order valence-corrected chi connectivity index (χ2v) is 8.69. The van der Waals surface area contributed by atoms with E-state index in [2.05, 4.69) is 4.98 Å². The minimum atomic E-state index is -4.40. The monoisotopic (exact) mass is 484 g/mol. The molecule has 2 aromatic heterocycles. The summed E-state index contributed by atoms with van der Waals surface area (Å²) in [5.74, 6) is -0.124. The lowest BCUT2D eigenvalue weighted by molar-refractivity contribution is -0.137. The number of aryl methyl sites for hydroxylation is 2. The fourth-order valence-electron chi connectivity index (χ4n) is 4.41. The topological polar surface area (TPSA) is 71.6 Å². The smallest absolute Gasteiger partial charge is 0.416 e. The average Bonchev–Trinajstić information content (AvgIpc) is 3.22. The van der Waals surface area contributed by atoms with Crippen LogP contribution in [0, 0.1) is 6.92 Å². The normalized spacial score (nSPS) is 14.7. The summed E-state index contributed by atoms with van der Waals surface area (Å²) in [6.45, 7) is 3.75. The van der Waals surface area contributed by atoms with Gasteiger partial charge in [0.05, 0.1) is 11.9 Å². The number of benzene rings is 2. The number of carbonyl (C=O) groups excluding carboxylic acids is 1. The highest BCUT2D eigenvalue weighted by atomic mass is 19.4. The molecule has 5 rings (SSSR count). The van der Waals surface area contributed by atoms with Gasteiger partial charge in [-0.05, 0) is 37.3 Å². The molecule has 1 saturated heterocycles. The van der Waals surface area contributed by atoms with Crippen LogP contribution in [0.5, 0.6) is 0 Å². The van der Waals surface area contributed by atoms with Crippen LogP contribution in [0.15, 0.2) is 58.0 Å². The summed E-state index contributed by atoms with van der Waals surface area (Å²) in [6.07, 6.45) is -2.86. The van der Waals surface area contributed by atoms with Crippen LogP contribution >= 0.6 is 0 Å². The molecule has 1 fully saturated rings. The Morgan fingerprint density at radius 3 is 2.60 bits per heavy atom. The zero-order valence-corrected chi connectivity index (χ0v) is 19.0. The highest BCUT2D eigenvalue weighted by Gasteiger charge is 2.31. The van der Waals surface area contributed by atoms with Crippen LogP contribution in [0.1, 0.15) is 17.5 Å². The lowest BCUT2D eigenvalue weighted by atomic mass is 10.1. The molecule has 4 aromatic rings. The molecule has 1 amide bonds. The van der Waals surface area contributed by atoms with Crippen LogP contribution in [-0.2, 0) is 17.5 Å². The summed E-state index contributed by atoms with van der Waals surface area (Å²) in [6, 6.07) is 10.8. The molecule has 0 unspecified atom stereocenters. The van der Waals surface area contributed by atoms with Gasteiger partial charge in [-0.1, -0.05) is 17.7 Å². The number of halogens is 3. The molecular weight excluding hydrogens is 461 g/mol. The quantitative estimate of drug-likeness (QED) is 0.434. The molecule has 35 heavy (non-hydrogen) atoms. The predicted molar refractivity (Wildman–Crippen MR) is 125 cm³/mol. The van der Waals surface area contributed by atoms with Crippen LogP contribution in [0.2, 0.25) is 0 Å². The summed E-state index contributed by atoms with van der Waals surface area (Å²) < 4.78 is 46.1. The third-order valence-electron chi connectivity index (χ3n) is 6.34. The lowest BCUT2D eigenvalue weighted by Gasteiger charge is -2.36. The van der Waals surface area contributed by atoms with Crippen molar-refractivity contribution >= 4 is 33.7 Å². The summed E-state index contributed by atoms with van der Waals surface area (Å²) >= 11 is 0. The van der Waals surface area contributed by atoms with E-state index in [9.17, 15) is 22.8 Å². The van der Waals surface area contributed by atoms with E-state index in [1.807, 2.05) is 24.0 Å². The Labute approximate surface area is 198 Å². The van der Waals surface area contributed by atoms with E-state index in [1.54, 1.807) is 17.0 Å². The van der Waals surface area contributed by atoms with Crippen molar-refractivity contribution < 1.29 is 22.4 Å². The second kappa shape index (κ2) is 8.75. The van der Waals surface area contributed by atoms with Crippen molar-refractivity contribution in [3.63, 3.8) is 0 Å². The van der Waals surface area contributed by atoms with Gasteiger partial charge >= 0.3 is 6.18 Å². The fraction of sp³-hybridized carbons (Fsp3) is 0.320. The van der Waals surface area contributed by atoms with Crippen molar-refractivity contribution in [3.05, 3.63) is 70.3 Å². The lowest BCUT2D eigenvalue weighted by Crippen LogP contribution is -2.49. The van der Waals surface area contributed by atoms with E-state index < -0.39 is 11.7 Å². The molecule has 0 atom stereocenters. The minimum Gasteiger partial charge on any atom is -0.448 e. The zero-order chi connectivity index (χ0) is 24.7. The van der Waals surface area contributed by atoms with Crippen LogP contribution < -0.4 is 10.5 Å². The van der Waals surface area contributed by atoms with Gasteiger partial charge < -0.3 is 14.2 Å². The average molecular weight is 484 g/mol. The molecule has 182 valence electrons. The van der Waals surface area contributed by atoms with Crippen molar-refractivity contribution in [1.29, 1.82) is 0 Å². The first-order valence-corrected chi connectivity index (χ1v) is 11.3. The van der Waals surface area contributed by atoms with E-state index in [4.69, 9.17) is 4.42 Å². The Hall–Kier alpha value is -3.82. The Kier molecular flexibility index (Phi) is 5.74. The van der Waals surface area contributed by atoms with E-state index in [1.165, 1.54) is 17.0 Å². The Balaban J connectivity index is 1.23. The van der Waals surface area contributed by atoms with E-state index in [-0.39, 0.29) is 30.0 Å². The van der Waals surface area contributed by atoms with Crippen LogP contribution in [-0.4, -0.2) is 46.5 Å². The molecule has 7 nitrogen and oxygen atoms in total. The number of alkyl halides is 3. The van der Waals surface area contributed by atoms with Crippen LogP contribution in [0.25, 0.3) is 22.1 Å². The van der Waals surface area contributed by atoms with Crippen molar-refractivity contribution in [3.8, 4) is 0 Å². The standard InChI is InChI=1S/C25H23F3N4O3/c1-16-5-6-20-19(13-16)22-23(35-20)24(34)32(15-29-22)8-7-21(33)31-11-9-30(10-12-31)18-4-2-3-17(14-18)25(26,27)28/h2-6,13-15H,7-12H2,1H3. The number of rotatable bonds is 4. The maximum Gasteiger partial charge on any atom is 0.416 e. The zero-order valence-electron chi connectivity index (χ0n) is 19.0. The molecule has 2 aromatic carbocycles. The number of fused-ring (bicyclic) bond motifs is 3. The summed E-state index contributed by atoms with van der Waals surface area (Å²) in [5.41, 5.74) is 1.74. The Morgan fingerprint density at radius 1 is 1.09 bits per heavy atom. The van der Waals surface area contributed by atoms with E-state index in [0.717, 1.165) is 23.1 Å². The number of amides is 1. The number of nitrogens with zero attached hydrogens (tertiary/aromatic N) is 4. The molecule has 0 spiro atoms. The van der Waals surface area contributed by atoms with Gasteiger partial charge in [0.1, 0.15) is 11.1 Å². The predicted octanol–water partition coefficient (Wildman–Crippen LogP) is 4.21.